The van der Waals surface area contributed by atoms with Gasteiger partial charge in [-0.05, 0) is 13.3 Å². The maximum atomic E-state index is 12.3. The first-order valence-electron chi connectivity index (χ1n) is 6.81. The van der Waals surface area contributed by atoms with Gasteiger partial charge in [0.1, 0.15) is 0 Å². The van der Waals surface area contributed by atoms with Gasteiger partial charge in [-0.15, -0.1) is 10.2 Å². The maximum Gasteiger partial charge on any atom is 0.236 e. The number of nitrogens with zero attached hydrogens (tertiary/aromatic N) is 3. The molecule has 1 aromatic heterocycles. The SMILES string of the molecule is CCCNc1nnc(SC(C)C(=O)N2CCOCC2)s1. The molecule has 20 heavy (non-hydrogen) atoms. The molecule has 1 atom stereocenters. The molecule has 2 rings (SSSR count). The van der Waals surface area contributed by atoms with Gasteiger partial charge in [0.15, 0.2) is 4.34 Å². The van der Waals surface area contributed by atoms with Crippen molar-refractivity contribution in [2.24, 2.45) is 0 Å². The number of rotatable bonds is 6. The zero-order valence-electron chi connectivity index (χ0n) is 11.8. The van der Waals surface area contributed by atoms with E-state index in [9.17, 15) is 4.79 Å². The minimum Gasteiger partial charge on any atom is -0.378 e. The van der Waals surface area contributed by atoms with Gasteiger partial charge in [0.25, 0.3) is 0 Å². The molecule has 0 spiro atoms. The second kappa shape index (κ2) is 7.80. The van der Waals surface area contributed by atoms with E-state index in [1.807, 2.05) is 11.8 Å². The van der Waals surface area contributed by atoms with Gasteiger partial charge in [0.2, 0.25) is 11.0 Å². The van der Waals surface area contributed by atoms with Crippen LogP contribution in [0.2, 0.25) is 0 Å². The average Bonchev–Trinajstić information content (AvgIpc) is 2.92. The monoisotopic (exact) mass is 316 g/mol. The van der Waals surface area contributed by atoms with Crippen molar-refractivity contribution in [1.82, 2.24) is 15.1 Å². The Morgan fingerprint density at radius 2 is 2.25 bits per heavy atom. The summed E-state index contributed by atoms with van der Waals surface area (Å²) in [6, 6.07) is 0. The van der Waals surface area contributed by atoms with Crippen LogP contribution in [0, 0.1) is 0 Å². The summed E-state index contributed by atoms with van der Waals surface area (Å²) >= 11 is 2.97. The molecule has 0 aliphatic carbocycles. The third kappa shape index (κ3) is 4.32. The quantitative estimate of drug-likeness (QED) is 0.806. The van der Waals surface area contributed by atoms with Crippen molar-refractivity contribution in [2.45, 2.75) is 29.9 Å². The van der Waals surface area contributed by atoms with Gasteiger partial charge in [-0.25, -0.2) is 0 Å². The van der Waals surface area contributed by atoms with Gasteiger partial charge in [-0.3, -0.25) is 4.79 Å². The first kappa shape index (κ1) is 15.5. The van der Waals surface area contributed by atoms with E-state index < -0.39 is 0 Å². The lowest BCUT2D eigenvalue weighted by atomic mass is 10.3. The highest BCUT2D eigenvalue weighted by atomic mass is 32.2. The van der Waals surface area contributed by atoms with Crippen LogP contribution < -0.4 is 5.32 Å². The van der Waals surface area contributed by atoms with Gasteiger partial charge in [0.05, 0.1) is 18.5 Å². The van der Waals surface area contributed by atoms with Crippen molar-refractivity contribution >= 4 is 34.1 Å². The highest BCUT2D eigenvalue weighted by Gasteiger charge is 2.24. The minimum absolute atomic E-state index is 0.139. The Balaban J connectivity index is 1.85. The fourth-order valence-electron chi connectivity index (χ4n) is 1.80. The molecule has 1 fully saturated rings. The number of hydrogen-bond donors (Lipinski definition) is 1. The van der Waals surface area contributed by atoms with E-state index in [1.54, 1.807) is 0 Å². The summed E-state index contributed by atoms with van der Waals surface area (Å²) in [5.74, 6) is 0.150. The van der Waals surface area contributed by atoms with E-state index in [0.717, 1.165) is 22.4 Å². The molecule has 1 N–H and O–H groups in total. The lowest BCUT2D eigenvalue weighted by Gasteiger charge is -2.28. The van der Waals surface area contributed by atoms with Crippen LogP contribution in [0.3, 0.4) is 0 Å². The summed E-state index contributed by atoms with van der Waals surface area (Å²) in [7, 11) is 0. The number of hydrogen-bond acceptors (Lipinski definition) is 7. The molecule has 112 valence electrons. The second-order valence-electron chi connectivity index (χ2n) is 4.50. The molecule has 1 unspecified atom stereocenters. The molecule has 1 amide bonds. The maximum absolute atomic E-state index is 12.3. The molecule has 8 heteroatoms. The van der Waals surface area contributed by atoms with E-state index in [2.05, 4.69) is 22.4 Å². The lowest BCUT2D eigenvalue weighted by Crippen LogP contribution is -2.44. The standard InChI is InChI=1S/C12H20N4O2S2/c1-3-4-13-11-14-15-12(20-11)19-9(2)10(17)16-5-7-18-8-6-16/h9H,3-8H2,1-2H3,(H,13,14). The van der Waals surface area contributed by atoms with Crippen LogP contribution >= 0.6 is 23.1 Å². The number of ether oxygens (including phenoxy) is 1. The van der Waals surface area contributed by atoms with E-state index in [0.29, 0.717) is 26.3 Å². The number of morpholine rings is 1. The minimum atomic E-state index is -0.139. The number of thioether (sulfide) groups is 1. The van der Waals surface area contributed by atoms with Crippen molar-refractivity contribution in [2.75, 3.05) is 38.2 Å². The largest absolute Gasteiger partial charge is 0.378 e. The van der Waals surface area contributed by atoms with E-state index in [4.69, 9.17) is 4.74 Å². The fraction of sp³-hybridized carbons (Fsp3) is 0.750. The zero-order chi connectivity index (χ0) is 14.4. The zero-order valence-corrected chi connectivity index (χ0v) is 13.4. The predicted molar refractivity (Wildman–Crippen MR) is 81.4 cm³/mol. The Hall–Kier alpha value is -0.860. The Morgan fingerprint density at radius 3 is 2.95 bits per heavy atom. The van der Waals surface area contributed by atoms with Crippen molar-refractivity contribution < 1.29 is 9.53 Å². The van der Waals surface area contributed by atoms with Crippen LogP contribution in [0.4, 0.5) is 5.13 Å². The number of carbonyl (C=O) groups is 1. The third-order valence-electron chi connectivity index (χ3n) is 2.88. The van der Waals surface area contributed by atoms with Gasteiger partial charge in [-0.1, -0.05) is 30.0 Å². The summed E-state index contributed by atoms with van der Waals surface area (Å²) < 4.78 is 6.09. The van der Waals surface area contributed by atoms with Crippen LogP contribution in [0.25, 0.3) is 0 Å². The Morgan fingerprint density at radius 1 is 1.50 bits per heavy atom. The number of aromatic nitrogens is 2. The first-order valence-corrected chi connectivity index (χ1v) is 8.51. The molecule has 2 heterocycles. The summed E-state index contributed by atoms with van der Waals surface area (Å²) in [6.45, 7) is 7.55. The molecule has 0 aromatic carbocycles. The first-order chi connectivity index (χ1) is 9.70. The smallest absolute Gasteiger partial charge is 0.236 e. The summed E-state index contributed by atoms with van der Waals surface area (Å²) in [4.78, 5) is 14.1. The molecular weight excluding hydrogens is 296 g/mol. The summed E-state index contributed by atoms with van der Waals surface area (Å²) in [5, 5.41) is 12.1. The highest BCUT2D eigenvalue weighted by molar-refractivity contribution is 8.02. The van der Waals surface area contributed by atoms with Gasteiger partial charge >= 0.3 is 0 Å². The van der Waals surface area contributed by atoms with Crippen LogP contribution in [0.1, 0.15) is 20.3 Å². The molecule has 1 aromatic rings. The predicted octanol–water partition coefficient (Wildman–Crippen LogP) is 1.70. The van der Waals surface area contributed by atoms with E-state index in [-0.39, 0.29) is 11.2 Å². The van der Waals surface area contributed by atoms with E-state index in [1.165, 1.54) is 23.1 Å². The van der Waals surface area contributed by atoms with Gasteiger partial charge in [0, 0.05) is 19.6 Å². The van der Waals surface area contributed by atoms with Crippen LogP contribution in [0.15, 0.2) is 4.34 Å². The highest BCUT2D eigenvalue weighted by Crippen LogP contribution is 2.29. The normalized spacial score (nSPS) is 17.0. The average molecular weight is 316 g/mol. The van der Waals surface area contributed by atoms with Crippen molar-refractivity contribution in [3.05, 3.63) is 0 Å². The molecule has 0 radical (unpaired) electrons. The van der Waals surface area contributed by atoms with Crippen LogP contribution in [0.5, 0.6) is 0 Å². The van der Waals surface area contributed by atoms with Crippen molar-refractivity contribution in [3.8, 4) is 0 Å². The Bertz CT molecular complexity index is 435. The number of anilines is 1. The number of carbonyl (C=O) groups excluding carboxylic acids is 1. The molecular formula is C12H20N4O2S2. The molecule has 0 saturated carbocycles. The van der Waals surface area contributed by atoms with Crippen LogP contribution in [-0.2, 0) is 9.53 Å². The lowest BCUT2D eigenvalue weighted by molar-refractivity contribution is -0.134. The molecule has 6 nitrogen and oxygen atoms in total. The summed E-state index contributed by atoms with van der Waals surface area (Å²) in [6.07, 6.45) is 1.05. The fourth-order valence-corrected chi connectivity index (χ4v) is 3.81. The topological polar surface area (TPSA) is 67.4 Å². The molecule has 1 aliphatic heterocycles. The number of amides is 1. The Labute approximate surface area is 127 Å². The third-order valence-corrected chi connectivity index (χ3v) is 4.93. The summed E-state index contributed by atoms with van der Waals surface area (Å²) in [5.41, 5.74) is 0. The van der Waals surface area contributed by atoms with Crippen LogP contribution in [-0.4, -0.2) is 59.1 Å². The number of nitrogens with one attached hydrogen (secondary N) is 1. The second-order valence-corrected chi connectivity index (χ2v) is 7.06. The van der Waals surface area contributed by atoms with E-state index >= 15 is 0 Å². The Kier molecular flexibility index (Phi) is 6.06. The van der Waals surface area contributed by atoms with Crippen molar-refractivity contribution in [3.63, 3.8) is 0 Å². The van der Waals surface area contributed by atoms with Crippen molar-refractivity contribution in [1.29, 1.82) is 0 Å². The molecule has 0 bridgehead atoms. The molecule has 1 saturated heterocycles. The van der Waals surface area contributed by atoms with Gasteiger partial charge in [-0.2, -0.15) is 0 Å². The van der Waals surface area contributed by atoms with Gasteiger partial charge < -0.3 is 15.0 Å². The molecule has 1 aliphatic rings.